The van der Waals surface area contributed by atoms with E-state index in [0.717, 1.165) is 17.3 Å². The molecule has 1 aromatic heterocycles. The molecule has 0 saturated heterocycles. The van der Waals surface area contributed by atoms with E-state index in [1.165, 1.54) is 48.5 Å². The second-order valence-corrected chi connectivity index (χ2v) is 10.3. The highest BCUT2D eigenvalue weighted by atomic mass is 32.2. The van der Waals surface area contributed by atoms with Crippen LogP contribution in [0.25, 0.3) is 0 Å². The van der Waals surface area contributed by atoms with E-state index in [1.54, 1.807) is 24.3 Å². The Morgan fingerprint density at radius 3 is 2.10 bits per heavy atom. The van der Waals surface area contributed by atoms with E-state index in [1.807, 2.05) is 22.9 Å². The number of halogens is 1. The molecule has 11 heteroatoms. The van der Waals surface area contributed by atoms with Gasteiger partial charge in [-0.25, -0.2) is 27.3 Å². The predicted molar refractivity (Wildman–Crippen MR) is 143 cm³/mol. The first kappa shape index (κ1) is 28.1. The maximum Gasteiger partial charge on any atom is 0.357 e. The number of pyridine rings is 1. The fourth-order valence-electron chi connectivity index (χ4n) is 3.54. The van der Waals surface area contributed by atoms with Gasteiger partial charge in [0.1, 0.15) is 18.1 Å². The van der Waals surface area contributed by atoms with Gasteiger partial charge in [-0.2, -0.15) is 0 Å². The molecule has 0 aliphatic rings. The number of benzene rings is 3. The van der Waals surface area contributed by atoms with Crippen molar-refractivity contribution in [1.82, 2.24) is 15.0 Å². The minimum atomic E-state index is -4.25. The summed E-state index contributed by atoms with van der Waals surface area (Å²) in [5, 5.41) is 2.71. The van der Waals surface area contributed by atoms with Crippen LogP contribution >= 0.6 is 0 Å². The summed E-state index contributed by atoms with van der Waals surface area (Å²) in [4.78, 5) is 40.8. The number of rotatable bonds is 10. The van der Waals surface area contributed by atoms with Crippen LogP contribution in [0.15, 0.2) is 102 Å². The van der Waals surface area contributed by atoms with E-state index in [4.69, 9.17) is 4.74 Å². The average Bonchev–Trinajstić information content (AvgIpc) is 2.97. The number of ether oxygens (including phenoxy) is 1. The van der Waals surface area contributed by atoms with Crippen LogP contribution in [0.5, 0.6) is 0 Å². The molecule has 40 heavy (non-hydrogen) atoms. The van der Waals surface area contributed by atoms with Crippen LogP contribution in [-0.2, 0) is 27.8 Å². The summed E-state index contributed by atoms with van der Waals surface area (Å²) >= 11 is 0. The predicted octanol–water partition coefficient (Wildman–Crippen LogP) is 3.67. The zero-order valence-electron chi connectivity index (χ0n) is 21.0. The quantitative estimate of drug-likeness (QED) is 0.283. The standard InChI is InChI=1S/C29H24FN3O6S/c30-24-11-6-20(7-12-24)16-17-31-27(34)22-8-13-25(14-9-22)40(37,38)33-28(35)23-10-15-26(32-18-23)29(36)39-19-21-4-2-1-3-5-21/h1-15,18H,16-17,19H2,(H,31,34)(H,33,35). The average molecular weight is 562 g/mol. The van der Waals surface area contributed by atoms with Crippen molar-refractivity contribution in [3.63, 3.8) is 0 Å². The monoisotopic (exact) mass is 561 g/mol. The molecule has 0 radical (unpaired) electrons. The molecule has 0 bridgehead atoms. The van der Waals surface area contributed by atoms with Gasteiger partial charge in [0, 0.05) is 18.3 Å². The van der Waals surface area contributed by atoms with Gasteiger partial charge in [0.15, 0.2) is 0 Å². The van der Waals surface area contributed by atoms with E-state index >= 15 is 0 Å². The normalized spacial score (nSPS) is 10.9. The molecule has 2 amide bonds. The van der Waals surface area contributed by atoms with Crippen molar-refractivity contribution in [2.24, 2.45) is 0 Å². The minimum Gasteiger partial charge on any atom is -0.456 e. The highest BCUT2D eigenvalue weighted by molar-refractivity contribution is 7.90. The molecular formula is C29H24FN3O6S. The molecule has 0 aliphatic carbocycles. The molecule has 9 nitrogen and oxygen atoms in total. The first-order valence-electron chi connectivity index (χ1n) is 12.1. The number of carbonyl (C=O) groups is 3. The van der Waals surface area contributed by atoms with Gasteiger partial charge < -0.3 is 10.1 Å². The van der Waals surface area contributed by atoms with E-state index in [-0.39, 0.29) is 34.1 Å². The molecule has 0 fully saturated rings. The Morgan fingerprint density at radius 1 is 0.775 bits per heavy atom. The molecule has 204 valence electrons. The van der Waals surface area contributed by atoms with Crippen molar-refractivity contribution in [3.05, 3.63) is 131 Å². The zero-order valence-corrected chi connectivity index (χ0v) is 21.9. The highest BCUT2D eigenvalue weighted by Crippen LogP contribution is 2.13. The largest absolute Gasteiger partial charge is 0.456 e. The van der Waals surface area contributed by atoms with Crippen molar-refractivity contribution in [2.75, 3.05) is 6.54 Å². The first-order chi connectivity index (χ1) is 19.2. The maximum absolute atomic E-state index is 13.0. The van der Waals surface area contributed by atoms with Crippen molar-refractivity contribution < 1.29 is 31.9 Å². The topological polar surface area (TPSA) is 132 Å². The second-order valence-electron chi connectivity index (χ2n) is 8.59. The summed E-state index contributed by atoms with van der Waals surface area (Å²) in [7, 11) is -4.25. The number of aromatic nitrogens is 1. The van der Waals surface area contributed by atoms with Crippen LogP contribution in [-0.4, -0.2) is 37.7 Å². The molecule has 0 saturated carbocycles. The number of amides is 2. The number of sulfonamides is 1. The van der Waals surface area contributed by atoms with Crippen LogP contribution in [0.2, 0.25) is 0 Å². The van der Waals surface area contributed by atoms with Crippen LogP contribution in [0.3, 0.4) is 0 Å². The van der Waals surface area contributed by atoms with Gasteiger partial charge in [-0.3, -0.25) is 9.59 Å². The van der Waals surface area contributed by atoms with Gasteiger partial charge in [-0.05, 0) is 66.1 Å². The first-order valence-corrected chi connectivity index (χ1v) is 13.6. The summed E-state index contributed by atoms with van der Waals surface area (Å²) in [6.45, 7) is 0.358. The Bertz CT molecular complexity index is 1590. The lowest BCUT2D eigenvalue weighted by Gasteiger charge is -2.09. The number of nitrogens with zero attached hydrogens (tertiary/aromatic N) is 1. The fourth-order valence-corrected chi connectivity index (χ4v) is 4.52. The Kier molecular flexibility index (Phi) is 8.97. The van der Waals surface area contributed by atoms with E-state index in [9.17, 15) is 27.2 Å². The van der Waals surface area contributed by atoms with E-state index in [2.05, 4.69) is 10.3 Å². The van der Waals surface area contributed by atoms with Gasteiger partial charge in [0.2, 0.25) is 0 Å². The molecule has 3 aromatic carbocycles. The summed E-state index contributed by atoms with van der Waals surface area (Å²) < 4.78 is 45.5. The molecule has 0 aliphatic heterocycles. The molecule has 4 aromatic rings. The Labute approximate surface area is 230 Å². The van der Waals surface area contributed by atoms with Crippen LogP contribution < -0.4 is 10.0 Å². The lowest BCUT2D eigenvalue weighted by Crippen LogP contribution is -2.31. The van der Waals surface area contributed by atoms with Gasteiger partial charge >= 0.3 is 5.97 Å². The second kappa shape index (κ2) is 12.8. The molecule has 0 unspecified atom stereocenters. The summed E-state index contributed by atoms with van der Waals surface area (Å²) in [5.74, 6) is -2.39. The van der Waals surface area contributed by atoms with Crippen molar-refractivity contribution >= 4 is 27.8 Å². The Morgan fingerprint density at radius 2 is 1.45 bits per heavy atom. The Hall–Kier alpha value is -4.90. The zero-order chi connectivity index (χ0) is 28.5. The van der Waals surface area contributed by atoms with E-state index in [0.29, 0.717) is 13.0 Å². The van der Waals surface area contributed by atoms with Crippen LogP contribution in [0.1, 0.15) is 42.3 Å². The summed E-state index contributed by atoms with van der Waals surface area (Å²) in [6.07, 6.45) is 1.57. The molecular weight excluding hydrogens is 537 g/mol. The maximum atomic E-state index is 13.0. The number of hydrogen-bond acceptors (Lipinski definition) is 7. The molecule has 1 heterocycles. The van der Waals surface area contributed by atoms with Crippen LogP contribution in [0, 0.1) is 5.82 Å². The lowest BCUT2D eigenvalue weighted by molar-refractivity contribution is 0.0465. The minimum absolute atomic E-state index is 0.0399. The third-order valence-corrected chi connectivity index (χ3v) is 7.06. The number of carbonyl (C=O) groups excluding carboxylic acids is 3. The summed E-state index contributed by atoms with van der Waals surface area (Å²) in [5.41, 5.74) is 1.75. The lowest BCUT2D eigenvalue weighted by atomic mass is 10.1. The van der Waals surface area contributed by atoms with Gasteiger partial charge in [0.05, 0.1) is 10.5 Å². The fraction of sp³-hybridized carbons (Fsp3) is 0.103. The van der Waals surface area contributed by atoms with Gasteiger partial charge in [0.25, 0.3) is 21.8 Å². The number of nitrogens with one attached hydrogen (secondary N) is 2. The third-order valence-electron chi connectivity index (χ3n) is 5.71. The SMILES string of the molecule is O=C(NCCc1ccc(F)cc1)c1ccc(S(=O)(=O)NC(=O)c2ccc(C(=O)OCc3ccccc3)nc2)cc1. The number of esters is 1. The van der Waals surface area contributed by atoms with Crippen molar-refractivity contribution in [2.45, 2.75) is 17.9 Å². The van der Waals surface area contributed by atoms with Crippen molar-refractivity contribution in [3.8, 4) is 0 Å². The highest BCUT2D eigenvalue weighted by Gasteiger charge is 2.20. The molecule has 2 N–H and O–H groups in total. The number of hydrogen-bond donors (Lipinski definition) is 2. The molecule has 4 rings (SSSR count). The van der Waals surface area contributed by atoms with Crippen molar-refractivity contribution in [1.29, 1.82) is 0 Å². The van der Waals surface area contributed by atoms with Gasteiger partial charge in [-0.15, -0.1) is 0 Å². The van der Waals surface area contributed by atoms with Gasteiger partial charge in [-0.1, -0.05) is 42.5 Å². The third kappa shape index (κ3) is 7.58. The Balaban J connectivity index is 1.30. The molecule has 0 spiro atoms. The smallest absolute Gasteiger partial charge is 0.357 e. The van der Waals surface area contributed by atoms with Crippen LogP contribution in [0.4, 0.5) is 4.39 Å². The van der Waals surface area contributed by atoms with E-state index < -0.39 is 27.8 Å². The molecule has 0 atom stereocenters. The summed E-state index contributed by atoms with van der Waals surface area (Å²) in [6, 6.07) is 22.6.